The minimum atomic E-state index is -4.09. The molecule has 41 heavy (non-hydrogen) atoms. The predicted molar refractivity (Wildman–Crippen MR) is 149 cm³/mol. The number of benzene rings is 1. The fourth-order valence-corrected chi connectivity index (χ4v) is 5.81. The van der Waals surface area contributed by atoms with Gasteiger partial charge in [0.25, 0.3) is 0 Å². The number of aromatic nitrogens is 4. The molecule has 15 heteroatoms. The fraction of sp³-hybridized carbons (Fsp3) is 0.538. The van der Waals surface area contributed by atoms with Gasteiger partial charge < -0.3 is 29.6 Å². The molecular formula is C26H37N6O8P. The van der Waals surface area contributed by atoms with E-state index in [1.807, 2.05) is 0 Å². The number of carbonyl (C=O) groups is 1. The number of aliphatic hydroxyl groups is 1. The van der Waals surface area contributed by atoms with Gasteiger partial charge in [-0.1, -0.05) is 44.4 Å². The highest BCUT2D eigenvalue weighted by molar-refractivity contribution is 7.52. The van der Waals surface area contributed by atoms with Crippen molar-refractivity contribution in [3.63, 3.8) is 0 Å². The summed E-state index contributed by atoms with van der Waals surface area (Å²) >= 11 is 0. The van der Waals surface area contributed by atoms with E-state index in [1.165, 1.54) is 24.9 Å². The van der Waals surface area contributed by atoms with E-state index in [0.29, 0.717) is 11.2 Å². The Morgan fingerprint density at radius 2 is 2.05 bits per heavy atom. The number of para-hydroxylation sites is 1. The Balaban J connectivity index is 1.42. The number of ether oxygens (including phenoxy) is 3. The monoisotopic (exact) mass is 592 g/mol. The normalized spacial score (nSPS) is 20.9. The Kier molecular flexibility index (Phi) is 10.5. The molecule has 1 aliphatic heterocycles. The van der Waals surface area contributed by atoms with Crippen LogP contribution in [0.25, 0.3) is 11.2 Å². The molecule has 1 saturated heterocycles. The van der Waals surface area contributed by atoms with Gasteiger partial charge >= 0.3 is 19.7 Å². The second kappa shape index (κ2) is 14.1. The van der Waals surface area contributed by atoms with Gasteiger partial charge in [-0.25, -0.2) is 9.55 Å². The molecule has 0 saturated carbocycles. The number of imidazole rings is 1. The van der Waals surface area contributed by atoms with E-state index in [-0.39, 0.29) is 37.2 Å². The topological polar surface area (TPSA) is 182 Å². The second-order valence-corrected chi connectivity index (χ2v) is 11.3. The Hall–Kier alpha value is -3.29. The van der Waals surface area contributed by atoms with Gasteiger partial charge in [0.1, 0.15) is 17.9 Å². The summed E-state index contributed by atoms with van der Waals surface area (Å²) in [6.07, 6.45) is 2.92. The average Bonchev–Trinajstić information content (AvgIpc) is 3.55. The summed E-state index contributed by atoms with van der Waals surface area (Å²) < 4.78 is 43.2. The maximum atomic E-state index is 13.8. The van der Waals surface area contributed by atoms with E-state index in [9.17, 15) is 14.5 Å². The van der Waals surface area contributed by atoms with Crippen LogP contribution in [0, 0.1) is 0 Å². The Bertz CT molecular complexity index is 1340. The number of carbonyl (C=O) groups excluding carboxylic acids is 1. The first kappa shape index (κ1) is 30.7. The number of anilines is 1. The van der Waals surface area contributed by atoms with Gasteiger partial charge in [0, 0.05) is 6.42 Å². The van der Waals surface area contributed by atoms with E-state index in [2.05, 4.69) is 27.0 Å². The molecule has 1 aliphatic rings. The lowest BCUT2D eigenvalue weighted by atomic mass is 10.2. The third-order valence-corrected chi connectivity index (χ3v) is 8.04. The smallest absolute Gasteiger partial charge is 0.459 e. The summed E-state index contributed by atoms with van der Waals surface area (Å²) in [5.74, 6) is -0.167. The molecule has 14 nitrogen and oxygen atoms in total. The van der Waals surface area contributed by atoms with Crippen molar-refractivity contribution in [2.45, 2.75) is 70.4 Å². The van der Waals surface area contributed by atoms with E-state index in [0.717, 1.165) is 25.7 Å². The average molecular weight is 593 g/mol. The van der Waals surface area contributed by atoms with Crippen LogP contribution in [0.2, 0.25) is 0 Å². The number of methoxy groups -OCH3 is 1. The molecule has 3 aromatic rings. The van der Waals surface area contributed by atoms with E-state index >= 15 is 0 Å². The van der Waals surface area contributed by atoms with Crippen molar-refractivity contribution in [3.05, 3.63) is 36.7 Å². The number of hydrogen-bond acceptors (Lipinski definition) is 12. The molecular weight excluding hydrogens is 555 g/mol. The van der Waals surface area contributed by atoms with E-state index in [1.54, 1.807) is 30.3 Å². The van der Waals surface area contributed by atoms with Crippen LogP contribution in [0.1, 0.15) is 52.2 Å². The Morgan fingerprint density at radius 1 is 1.27 bits per heavy atom. The zero-order chi connectivity index (χ0) is 29.4. The molecule has 3 heterocycles. The van der Waals surface area contributed by atoms with Gasteiger partial charge in [0.05, 0.1) is 32.8 Å². The van der Waals surface area contributed by atoms with Crippen LogP contribution < -0.4 is 20.1 Å². The molecule has 4 N–H and O–H groups in total. The van der Waals surface area contributed by atoms with Gasteiger partial charge in [0.15, 0.2) is 23.2 Å². The van der Waals surface area contributed by atoms with Crippen molar-refractivity contribution in [2.75, 3.05) is 26.1 Å². The molecule has 2 aromatic heterocycles. The number of aliphatic hydroxyl groups excluding tert-OH is 1. The van der Waals surface area contributed by atoms with Gasteiger partial charge in [-0.05, 0) is 25.5 Å². The zero-order valence-corrected chi connectivity index (χ0v) is 24.2. The molecule has 0 radical (unpaired) electrons. The highest BCUT2D eigenvalue weighted by atomic mass is 31.2. The number of esters is 1. The lowest BCUT2D eigenvalue weighted by Crippen LogP contribution is -2.35. The van der Waals surface area contributed by atoms with Crippen molar-refractivity contribution in [1.82, 2.24) is 24.6 Å². The van der Waals surface area contributed by atoms with Crippen molar-refractivity contribution in [3.8, 4) is 11.8 Å². The summed E-state index contributed by atoms with van der Waals surface area (Å²) in [5, 5.41) is 13.5. The van der Waals surface area contributed by atoms with Crippen LogP contribution in [-0.4, -0.2) is 69.2 Å². The number of hydrogen-bond donors (Lipinski definition) is 3. The molecule has 0 spiro atoms. The predicted octanol–water partition coefficient (Wildman–Crippen LogP) is 3.37. The first-order chi connectivity index (χ1) is 19.7. The first-order valence-electron chi connectivity index (χ1n) is 13.5. The highest BCUT2D eigenvalue weighted by Crippen LogP contribution is 2.46. The number of nitrogens with two attached hydrogens (primary N) is 1. The fourth-order valence-electron chi connectivity index (χ4n) is 4.29. The number of nitrogen functional groups attached to an aromatic ring is 1. The largest absolute Gasteiger partial charge is 0.467 e. The zero-order valence-electron chi connectivity index (χ0n) is 23.3. The van der Waals surface area contributed by atoms with E-state index in [4.69, 9.17) is 29.0 Å². The maximum Gasteiger partial charge on any atom is 0.459 e. The number of fused-ring (bicyclic) bond motifs is 1. The standard InChI is InChI=1S/C26H37N6O8P/c1-4-5-6-10-13-37-25(34)17(2)31-41(35,40-18-11-8-7-9-12-18)38-15-19-14-20(33)24(39-19)32-16-28-21-22(27)29-26(36-3)30-23(21)32/h7-9,11-12,16-17,19-20,24,33H,4-6,10,13-15H2,1-3H3,(H,31,35)(H2,27,29,30)/t17-,19-,20-,24+,41?/m0/s1. The number of rotatable bonds is 15. The minimum Gasteiger partial charge on any atom is -0.467 e. The van der Waals surface area contributed by atoms with Crippen LogP contribution >= 0.6 is 7.75 Å². The molecule has 1 aromatic carbocycles. The van der Waals surface area contributed by atoms with Crippen LogP contribution in [-0.2, 0) is 23.4 Å². The molecule has 0 aliphatic carbocycles. The van der Waals surface area contributed by atoms with Crippen LogP contribution in [0.4, 0.5) is 5.82 Å². The second-order valence-electron chi connectivity index (χ2n) is 9.65. The number of nitrogens with one attached hydrogen (secondary N) is 1. The summed E-state index contributed by atoms with van der Waals surface area (Å²) in [6.45, 7) is 3.69. The van der Waals surface area contributed by atoms with Crippen LogP contribution in [0.5, 0.6) is 11.8 Å². The molecule has 5 atom stereocenters. The van der Waals surface area contributed by atoms with E-state index < -0.39 is 38.2 Å². The summed E-state index contributed by atoms with van der Waals surface area (Å²) in [5.41, 5.74) is 6.61. The minimum absolute atomic E-state index is 0.0443. The Labute approximate surface area is 238 Å². The third-order valence-electron chi connectivity index (χ3n) is 6.40. The van der Waals surface area contributed by atoms with Gasteiger partial charge in [-0.2, -0.15) is 15.1 Å². The van der Waals surface area contributed by atoms with Crippen molar-refractivity contribution in [1.29, 1.82) is 0 Å². The molecule has 224 valence electrons. The lowest BCUT2D eigenvalue weighted by Gasteiger charge is -2.24. The van der Waals surface area contributed by atoms with Gasteiger partial charge in [0.2, 0.25) is 0 Å². The number of nitrogens with zero attached hydrogens (tertiary/aromatic N) is 4. The summed E-state index contributed by atoms with van der Waals surface area (Å²) in [7, 11) is -2.68. The lowest BCUT2D eigenvalue weighted by molar-refractivity contribution is -0.145. The summed E-state index contributed by atoms with van der Waals surface area (Å²) in [4.78, 5) is 25.1. The van der Waals surface area contributed by atoms with Crippen molar-refractivity contribution >= 4 is 30.7 Å². The Morgan fingerprint density at radius 3 is 2.78 bits per heavy atom. The third kappa shape index (κ3) is 7.92. The summed E-state index contributed by atoms with van der Waals surface area (Å²) in [6, 6.07) is 7.52. The SMILES string of the molecule is CCCCCCOC(=O)[C@H](C)NP(=O)(OC[C@@H]1C[C@H](O)[C@H](n2cnc3c(N)nc(OC)nc32)O1)Oc1ccccc1. The van der Waals surface area contributed by atoms with Gasteiger partial charge in [-0.3, -0.25) is 13.9 Å². The molecule has 0 amide bonds. The van der Waals surface area contributed by atoms with Gasteiger partial charge in [-0.15, -0.1) is 0 Å². The van der Waals surface area contributed by atoms with Crippen molar-refractivity contribution in [2.24, 2.45) is 0 Å². The highest BCUT2D eigenvalue weighted by Gasteiger charge is 2.39. The molecule has 4 rings (SSSR count). The van der Waals surface area contributed by atoms with Crippen LogP contribution in [0.15, 0.2) is 36.7 Å². The quantitative estimate of drug-likeness (QED) is 0.133. The maximum absolute atomic E-state index is 13.8. The first-order valence-corrected chi connectivity index (χ1v) is 15.1. The number of unbranched alkanes of at least 4 members (excludes halogenated alkanes) is 3. The molecule has 0 bridgehead atoms. The van der Waals surface area contributed by atoms with Crippen LogP contribution in [0.3, 0.4) is 0 Å². The molecule has 1 unspecified atom stereocenters. The molecule has 1 fully saturated rings. The van der Waals surface area contributed by atoms with Crippen molar-refractivity contribution < 1.29 is 37.7 Å².